The number of furan rings is 1. The molecule has 1 saturated heterocycles. The van der Waals surface area contributed by atoms with E-state index in [2.05, 4.69) is 10.9 Å². The lowest BCUT2D eigenvalue weighted by atomic mass is 10.2. The Labute approximate surface area is 169 Å². The molecule has 9 nitrogen and oxygen atoms in total. The second kappa shape index (κ2) is 9.10. The average Bonchev–Trinajstić information content (AvgIpc) is 3.22. The van der Waals surface area contributed by atoms with Gasteiger partial charge >= 0.3 is 5.91 Å². The highest BCUT2D eigenvalue weighted by Gasteiger charge is 2.29. The number of rotatable bonds is 6. The zero-order chi connectivity index (χ0) is 20.9. The van der Waals surface area contributed by atoms with Crippen molar-refractivity contribution in [1.82, 2.24) is 15.2 Å². The predicted octanol–water partition coefficient (Wildman–Crippen LogP) is 1.60. The van der Waals surface area contributed by atoms with Crippen LogP contribution in [-0.2, 0) is 14.8 Å². The van der Waals surface area contributed by atoms with E-state index in [-0.39, 0.29) is 17.5 Å². The quantitative estimate of drug-likeness (QED) is 0.684. The number of carbonyl (C=O) groups is 2. The maximum atomic E-state index is 12.5. The monoisotopic (exact) mass is 421 g/mol. The van der Waals surface area contributed by atoms with Crippen molar-refractivity contribution >= 4 is 21.8 Å². The van der Waals surface area contributed by atoms with Gasteiger partial charge in [-0.25, -0.2) is 8.42 Å². The Morgan fingerprint density at radius 1 is 1.10 bits per heavy atom. The van der Waals surface area contributed by atoms with Crippen LogP contribution in [0.25, 0.3) is 0 Å². The van der Waals surface area contributed by atoms with Gasteiger partial charge in [0.2, 0.25) is 5.09 Å². The third-order valence-electron chi connectivity index (χ3n) is 4.39. The number of hydrogen-bond donors (Lipinski definition) is 2. The summed E-state index contributed by atoms with van der Waals surface area (Å²) in [5.74, 6) is -1.04. The summed E-state index contributed by atoms with van der Waals surface area (Å²) in [6, 6.07) is 9.68. The number of ether oxygens (including phenoxy) is 1. The number of benzene rings is 1. The molecule has 10 heteroatoms. The molecule has 1 aromatic heterocycles. The van der Waals surface area contributed by atoms with Gasteiger partial charge in [0, 0.05) is 13.1 Å². The van der Waals surface area contributed by atoms with Crippen LogP contribution < -0.4 is 15.6 Å². The second-order valence-electron chi connectivity index (χ2n) is 6.69. The van der Waals surface area contributed by atoms with E-state index < -0.39 is 21.8 Å². The molecule has 1 fully saturated rings. The van der Waals surface area contributed by atoms with Crippen LogP contribution in [0, 0.1) is 6.92 Å². The molecule has 0 atom stereocenters. The number of carbonyl (C=O) groups excluding carboxylic acids is 2. The number of hydrogen-bond acceptors (Lipinski definition) is 6. The summed E-state index contributed by atoms with van der Waals surface area (Å²) in [5, 5.41) is -0.293. The van der Waals surface area contributed by atoms with Crippen molar-refractivity contribution in [2.24, 2.45) is 0 Å². The third kappa shape index (κ3) is 5.36. The molecule has 0 spiro atoms. The Morgan fingerprint density at radius 2 is 1.86 bits per heavy atom. The first-order valence-electron chi connectivity index (χ1n) is 9.25. The molecule has 3 rings (SSSR count). The first kappa shape index (κ1) is 20.9. The first-order valence-corrected chi connectivity index (χ1v) is 10.7. The summed E-state index contributed by atoms with van der Waals surface area (Å²) in [6.07, 6.45) is 2.58. The van der Waals surface area contributed by atoms with Crippen LogP contribution >= 0.6 is 0 Å². The fourth-order valence-corrected chi connectivity index (χ4v) is 4.32. The summed E-state index contributed by atoms with van der Waals surface area (Å²) in [5.41, 5.74) is 5.35. The largest absolute Gasteiger partial charge is 0.484 e. The Hall–Kier alpha value is -2.85. The van der Waals surface area contributed by atoms with Crippen LogP contribution in [0.15, 0.2) is 45.9 Å². The van der Waals surface area contributed by atoms with Crippen LogP contribution in [0.2, 0.25) is 0 Å². The van der Waals surface area contributed by atoms with Crippen molar-refractivity contribution in [3.05, 3.63) is 47.7 Å². The lowest BCUT2D eigenvalue weighted by Crippen LogP contribution is -2.43. The second-order valence-corrected chi connectivity index (χ2v) is 8.56. The summed E-state index contributed by atoms with van der Waals surface area (Å²) in [4.78, 5) is 23.9. The topological polar surface area (TPSA) is 118 Å². The van der Waals surface area contributed by atoms with Crippen molar-refractivity contribution in [2.45, 2.75) is 31.3 Å². The summed E-state index contributed by atoms with van der Waals surface area (Å²) in [6.45, 7) is 2.47. The van der Waals surface area contributed by atoms with Gasteiger partial charge in [-0.15, -0.1) is 0 Å². The molecular weight excluding hydrogens is 398 g/mol. The van der Waals surface area contributed by atoms with Crippen molar-refractivity contribution in [2.75, 3.05) is 19.7 Å². The number of piperidine rings is 1. The fourth-order valence-electron chi connectivity index (χ4n) is 2.89. The zero-order valence-electron chi connectivity index (χ0n) is 16.0. The lowest BCUT2D eigenvalue weighted by Gasteiger charge is -2.24. The van der Waals surface area contributed by atoms with Crippen molar-refractivity contribution in [3.63, 3.8) is 0 Å². The van der Waals surface area contributed by atoms with Crippen LogP contribution in [-0.4, -0.2) is 44.2 Å². The lowest BCUT2D eigenvalue weighted by molar-refractivity contribution is -0.123. The van der Waals surface area contributed by atoms with Gasteiger partial charge in [-0.3, -0.25) is 20.4 Å². The molecule has 156 valence electrons. The number of amides is 2. The number of sulfonamides is 1. The van der Waals surface area contributed by atoms with Crippen molar-refractivity contribution < 1.29 is 27.2 Å². The molecule has 1 aliphatic heterocycles. The van der Waals surface area contributed by atoms with Crippen LogP contribution in [0.1, 0.15) is 35.4 Å². The number of nitrogens with one attached hydrogen (secondary N) is 2. The molecule has 0 bridgehead atoms. The summed E-state index contributed by atoms with van der Waals surface area (Å²) < 4.78 is 37.0. The van der Waals surface area contributed by atoms with Gasteiger partial charge < -0.3 is 9.15 Å². The van der Waals surface area contributed by atoms with Gasteiger partial charge in [0.15, 0.2) is 12.4 Å². The highest BCUT2D eigenvalue weighted by atomic mass is 32.2. The van der Waals surface area contributed by atoms with Crippen LogP contribution in [0.4, 0.5) is 0 Å². The van der Waals surface area contributed by atoms with Crippen molar-refractivity contribution in [1.29, 1.82) is 0 Å². The first-order chi connectivity index (χ1) is 13.9. The minimum atomic E-state index is -3.77. The molecule has 2 heterocycles. The molecule has 1 aromatic carbocycles. The Balaban J connectivity index is 1.51. The third-order valence-corrected chi connectivity index (χ3v) is 6.16. The molecule has 29 heavy (non-hydrogen) atoms. The molecule has 0 aliphatic carbocycles. The van der Waals surface area contributed by atoms with E-state index in [9.17, 15) is 18.0 Å². The molecule has 0 unspecified atom stereocenters. The van der Waals surface area contributed by atoms with E-state index in [0.29, 0.717) is 18.8 Å². The van der Waals surface area contributed by atoms with Gasteiger partial charge in [-0.05, 0) is 49.6 Å². The summed E-state index contributed by atoms with van der Waals surface area (Å²) >= 11 is 0. The Bertz CT molecular complexity index is 979. The normalized spacial score (nSPS) is 14.9. The highest BCUT2D eigenvalue weighted by Crippen LogP contribution is 2.22. The Kier molecular flexibility index (Phi) is 6.55. The molecular formula is C19H23N3O6S. The van der Waals surface area contributed by atoms with E-state index in [1.165, 1.54) is 16.4 Å². The number of nitrogens with zero attached hydrogens (tertiary/aromatic N) is 1. The zero-order valence-corrected chi connectivity index (χ0v) is 16.8. The minimum Gasteiger partial charge on any atom is -0.484 e. The van der Waals surface area contributed by atoms with Gasteiger partial charge in [-0.1, -0.05) is 18.6 Å². The van der Waals surface area contributed by atoms with E-state index in [1.807, 2.05) is 13.0 Å². The number of aryl methyl sites for hydroxylation is 1. The molecule has 1 aliphatic rings. The molecule has 0 radical (unpaired) electrons. The molecule has 2 aromatic rings. The molecule has 2 amide bonds. The van der Waals surface area contributed by atoms with Crippen molar-refractivity contribution in [3.8, 4) is 5.75 Å². The number of hydrazine groups is 1. The van der Waals surface area contributed by atoms with Gasteiger partial charge in [0.25, 0.3) is 15.9 Å². The van der Waals surface area contributed by atoms with Gasteiger partial charge in [0.1, 0.15) is 5.75 Å². The maximum absolute atomic E-state index is 12.5. The molecule has 0 saturated carbocycles. The average molecular weight is 421 g/mol. The minimum absolute atomic E-state index is 0.222. The fraction of sp³-hybridized carbons (Fsp3) is 0.368. The van der Waals surface area contributed by atoms with E-state index in [4.69, 9.17) is 9.15 Å². The van der Waals surface area contributed by atoms with E-state index in [0.717, 1.165) is 24.8 Å². The highest BCUT2D eigenvalue weighted by molar-refractivity contribution is 7.89. The standard InChI is InChI=1S/C19H23N3O6S/c1-14-6-5-7-15(12-14)27-13-17(23)20-21-19(24)16-8-9-18(28-16)29(25,26)22-10-3-2-4-11-22/h5-9,12H,2-4,10-11,13H2,1H3,(H,20,23)(H,21,24). The smallest absolute Gasteiger partial charge is 0.305 e. The van der Waals surface area contributed by atoms with Crippen LogP contribution in [0.5, 0.6) is 5.75 Å². The van der Waals surface area contributed by atoms with Gasteiger partial charge in [-0.2, -0.15) is 4.31 Å². The van der Waals surface area contributed by atoms with Crippen LogP contribution in [0.3, 0.4) is 0 Å². The SMILES string of the molecule is Cc1cccc(OCC(=O)NNC(=O)c2ccc(S(=O)(=O)N3CCCCC3)o2)c1. The van der Waals surface area contributed by atoms with E-state index in [1.54, 1.807) is 18.2 Å². The Morgan fingerprint density at radius 3 is 2.59 bits per heavy atom. The summed E-state index contributed by atoms with van der Waals surface area (Å²) in [7, 11) is -3.77. The van der Waals surface area contributed by atoms with E-state index >= 15 is 0 Å². The molecule has 2 N–H and O–H groups in total. The predicted molar refractivity (Wildman–Crippen MR) is 104 cm³/mol. The maximum Gasteiger partial charge on any atom is 0.305 e. The van der Waals surface area contributed by atoms with Gasteiger partial charge in [0.05, 0.1) is 0 Å².